The van der Waals surface area contributed by atoms with Crippen molar-refractivity contribution in [2.75, 3.05) is 6.61 Å². The second kappa shape index (κ2) is 5.43. The van der Waals surface area contributed by atoms with Gasteiger partial charge in [0.15, 0.2) is 0 Å². The van der Waals surface area contributed by atoms with Crippen molar-refractivity contribution in [3.8, 4) is 0 Å². The van der Waals surface area contributed by atoms with Crippen molar-refractivity contribution in [3.05, 3.63) is 35.0 Å². The first kappa shape index (κ1) is 13.8. The molecule has 1 fully saturated rings. The average Bonchev–Trinajstić information content (AvgIpc) is 3.15. The lowest BCUT2D eigenvalue weighted by Crippen LogP contribution is -2.43. The second-order valence-corrected chi connectivity index (χ2v) is 6.53. The Kier molecular flexibility index (Phi) is 3.41. The molecular formula is C18H22N2O2. The van der Waals surface area contributed by atoms with Crippen LogP contribution in [0, 0.1) is 6.92 Å². The van der Waals surface area contributed by atoms with Crippen molar-refractivity contribution in [2.45, 2.75) is 51.2 Å². The summed E-state index contributed by atoms with van der Waals surface area (Å²) in [7, 11) is 0. The van der Waals surface area contributed by atoms with Gasteiger partial charge in [-0.05, 0) is 50.2 Å². The van der Waals surface area contributed by atoms with Gasteiger partial charge in [-0.2, -0.15) is 0 Å². The Bertz CT molecular complexity index is 713. The van der Waals surface area contributed by atoms with Gasteiger partial charge in [0.25, 0.3) is 0 Å². The Hall–Kier alpha value is -1.81. The molecule has 1 aliphatic heterocycles. The predicted molar refractivity (Wildman–Crippen MR) is 86.0 cm³/mol. The lowest BCUT2D eigenvalue weighted by molar-refractivity contribution is -0.130. The lowest BCUT2D eigenvalue weighted by Gasteiger charge is -2.24. The molecule has 1 aromatic heterocycles. The maximum atomic E-state index is 12.2. The molecular weight excluding hydrogens is 276 g/mol. The molecule has 1 aromatic carbocycles. The molecule has 4 heteroatoms. The van der Waals surface area contributed by atoms with Crippen LogP contribution in [0.2, 0.25) is 0 Å². The highest BCUT2D eigenvalue weighted by atomic mass is 16.5. The summed E-state index contributed by atoms with van der Waals surface area (Å²) in [5.41, 5.74) is 5.25. The third-order valence-electron chi connectivity index (χ3n) is 5.00. The summed E-state index contributed by atoms with van der Waals surface area (Å²) in [6.07, 6.45) is 4.53. The Labute approximate surface area is 130 Å². The molecule has 22 heavy (non-hydrogen) atoms. The molecule has 2 aromatic rings. The molecule has 2 N–H and O–H groups in total. The van der Waals surface area contributed by atoms with Gasteiger partial charge in [0.2, 0.25) is 5.91 Å². The molecule has 116 valence electrons. The molecule has 2 atom stereocenters. The van der Waals surface area contributed by atoms with Crippen LogP contribution in [-0.4, -0.2) is 29.6 Å². The standard InChI is InChI=1S/C18H22N2O2/c1-11-4-2-5-13-14-10-12(7-8-15(14)20-17(11)13)19-18(21)16-6-3-9-22-16/h2,4-5,12,16,20H,3,6-10H2,1H3,(H,19,21). The van der Waals surface area contributed by atoms with Gasteiger partial charge < -0.3 is 15.0 Å². The minimum Gasteiger partial charge on any atom is -0.368 e. The number of rotatable bonds is 2. The van der Waals surface area contributed by atoms with Gasteiger partial charge in [0.1, 0.15) is 6.10 Å². The number of aromatic nitrogens is 1. The van der Waals surface area contributed by atoms with E-state index in [1.54, 1.807) is 0 Å². The Morgan fingerprint density at radius 2 is 2.27 bits per heavy atom. The zero-order valence-electron chi connectivity index (χ0n) is 12.9. The van der Waals surface area contributed by atoms with Crippen molar-refractivity contribution in [1.29, 1.82) is 0 Å². The summed E-state index contributed by atoms with van der Waals surface area (Å²) >= 11 is 0. The molecule has 2 aliphatic rings. The van der Waals surface area contributed by atoms with Gasteiger partial charge in [-0.15, -0.1) is 0 Å². The fraction of sp³-hybridized carbons (Fsp3) is 0.500. The summed E-state index contributed by atoms with van der Waals surface area (Å²) in [5.74, 6) is 0.0713. The first-order valence-corrected chi connectivity index (χ1v) is 8.23. The minimum absolute atomic E-state index is 0.0713. The van der Waals surface area contributed by atoms with Crippen LogP contribution >= 0.6 is 0 Å². The van der Waals surface area contributed by atoms with E-state index in [4.69, 9.17) is 4.74 Å². The summed E-state index contributed by atoms with van der Waals surface area (Å²) in [6, 6.07) is 6.66. The monoisotopic (exact) mass is 298 g/mol. The van der Waals surface area contributed by atoms with E-state index in [9.17, 15) is 4.79 Å². The van der Waals surface area contributed by atoms with Crippen LogP contribution in [0.3, 0.4) is 0 Å². The van der Waals surface area contributed by atoms with Crippen LogP contribution in [0.15, 0.2) is 18.2 Å². The number of ether oxygens (including phenoxy) is 1. The summed E-state index contributed by atoms with van der Waals surface area (Å²) in [4.78, 5) is 15.8. The van der Waals surface area contributed by atoms with E-state index in [1.165, 1.54) is 27.7 Å². The number of nitrogens with one attached hydrogen (secondary N) is 2. The molecule has 0 saturated carbocycles. The molecule has 4 rings (SSSR count). The third-order valence-corrected chi connectivity index (χ3v) is 5.00. The number of carbonyl (C=O) groups is 1. The van der Waals surface area contributed by atoms with Gasteiger partial charge in [-0.3, -0.25) is 4.79 Å². The fourth-order valence-corrected chi connectivity index (χ4v) is 3.79. The number of hydrogen-bond donors (Lipinski definition) is 2. The number of amides is 1. The van der Waals surface area contributed by atoms with E-state index < -0.39 is 0 Å². The van der Waals surface area contributed by atoms with Crippen LogP contribution in [0.5, 0.6) is 0 Å². The summed E-state index contributed by atoms with van der Waals surface area (Å²) < 4.78 is 5.48. The first-order valence-electron chi connectivity index (χ1n) is 8.23. The normalized spacial score (nSPS) is 24.4. The third kappa shape index (κ3) is 2.31. The van der Waals surface area contributed by atoms with Gasteiger partial charge in [0.05, 0.1) is 0 Å². The van der Waals surface area contributed by atoms with Crippen LogP contribution in [0.25, 0.3) is 10.9 Å². The second-order valence-electron chi connectivity index (χ2n) is 6.53. The van der Waals surface area contributed by atoms with E-state index in [2.05, 4.69) is 35.4 Å². The molecule has 4 nitrogen and oxygen atoms in total. The summed E-state index contributed by atoms with van der Waals surface area (Å²) in [5, 5.41) is 4.50. The van der Waals surface area contributed by atoms with Crippen LogP contribution in [0.1, 0.15) is 36.1 Å². The molecule has 1 aliphatic carbocycles. The highest BCUT2D eigenvalue weighted by Crippen LogP contribution is 2.30. The topological polar surface area (TPSA) is 54.1 Å². The number of hydrogen-bond acceptors (Lipinski definition) is 2. The largest absolute Gasteiger partial charge is 0.368 e. The van der Waals surface area contributed by atoms with Crippen molar-refractivity contribution < 1.29 is 9.53 Å². The fourth-order valence-electron chi connectivity index (χ4n) is 3.79. The van der Waals surface area contributed by atoms with Crippen LogP contribution in [-0.2, 0) is 22.4 Å². The zero-order chi connectivity index (χ0) is 15.1. The van der Waals surface area contributed by atoms with Crippen molar-refractivity contribution >= 4 is 16.8 Å². The summed E-state index contributed by atoms with van der Waals surface area (Å²) in [6.45, 7) is 2.86. The smallest absolute Gasteiger partial charge is 0.249 e. The van der Waals surface area contributed by atoms with E-state index in [0.717, 1.165) is 32.1 Å². The molecule has 0 bridgehead atoms. The average molecular weight is 298 g/mol. The van der Waals surface area contributed by atoms with Gasteiger partial charge >= 0.3 is 0 Å². The number of benzene rings is 1. The Morgan fingerprint density at radius 3 is 3.09 bits per heavy atom. The van der Waals surface area contributed by atoms with Gasteiger partial charge in [-0.25, -0.2) is 0 Å². The number of H-pyrrole nitrogens is 1. The van der Waals surface area contributed by atoms with Crippen molar-refractivity contribution in [3.63, 3.8) is 0 Å². The van der Waals surface area contributed by atoms with Crippen LogP contribution in [0.4, 0.5) is 0 Å². The van der Waals surface area contributed by atoms with E-state index in [0.29, 0.717) is 6.61 Å². The number of aromatic amines is 1. The number of para-hydroxylation sites is 1. The first-order chi connectivity index (χ1) is 10.7. The van der Waals surface area contributed by atoms with E-state index in [1.807, 2.05) is 0 Å². The Morgan fingerprint density at radius 1 is 1.36 bits per heavy atom. The van der Waals surface area contributed by atoms with Crippen LogP contribution < -0.4 is 5.32 Å². The minimum atomic E-state index is -0.230. The predicted octanol–water partition coefficient (Wildman–Crippen LogP) is 2.63. The molecule has 0 radical (unpaired) electrons. The number of aryl methyl sites for hydroxylation is 2. The van der Waals surface area contributed by atoms with Crippen molar-refractivity contribution in [1.82, 2.24) is 10.3 Å². The maximum absolute atomic E-state index is 12.2. The highest BCUT2D eigenvalue weighted by molar-refractivity contribution is 5.88. The number of fused-ring (bicyclic) bond motifs is 3. The highest BCUT2D eigenvalue weighted by Gasteiger charge is 2.28. The van der Waals surface area contributed by atoms with E-state index in [-0.39, 0.29) is 18.1 Å². The SMILES string of the molecule is Cc1cccc2c3c([nH]c12)CCC(NC(=O)C1CCCO1)C3. The molecule has 2 unspecified atom stereocenters. The number of carbonyl (C=O) groups excluding carboxylic acids is 1. The zero-order valence-corrected chi connectivity index (χ0v) is 12.9. The Balaban J connectivity index is 1.54. The van der Waals surface area contributed by atoms with E-state index >= 15 is 0 Å². The molecule has 1 amide bonds. The molecule has 0 spiro atoms. The molecule has 1 saturated heterocycles. The van der Waals surface area contributed by atoms with Crippen molar-refractivity contribution in [2.24, 2.45) is 0 Å². The quantitative estimate of drug-likeness (QED) is 0.895. The lowest BCUT2D eigenvalue weighted by atomic mass is 9.91. The van der Waals surface area contributed by atoms with Gasteiger partial charge in [0, 0.05) is 29.2 Å². The van der Waals surface area contributed by atoms with Gasteiger partial charge in [-0.1, -0.05) is 18.2 Å². The molecule has 2 heterocycles. The maximum Gasteiger partial charge on any atom is 0.249 e.